The van der Waals surface area contributed by atoms with Crippen molar-refractivity contribution in [2.24, 2.45) is 0 Å². The van der Waals surface area contributed by atoms with E-state index in [9.17, 15) is 24.5 Å². The third kappa shape index (κ3) is 5.03. The molecule has 3 aromatic carbocycles. The predicted octanol–water partition coefficient (Wildman–Crippen LogP) is 5.49. The van der Waals surface area contributed by atoms with Gasteiger partial charge in [0.25, 0.3) is 17.5 Å². The number of esters is 1. The first-order valence-corrected chi connectivity index (χ1v) is 12.9. The Morgan fingerprint density at radius 2 is 1.64 bits per heavy atom. The highest BCUT2D eigenvalue weighted by molar-refractivity contribution is 6.43. The van der Waals surface area contributed by atoms with Gasteiger partial charge in [-0.25, -0.2) is 9.69 Å². The van der Waals surface area contributed by atoms with Gasteiger partial charge in [0.15, 0.2) is 0 Å². The molecule has 198 valence electrons. The largest absolute Gasteiger partial charge is 0.462 e. The SMILES string of the molecule is CCOC(=O)c1ccc(N2C(=O)/C(=C\c3ccc(N4CCCCC4)c([N+](=O)[O-])c3)c3ccccc3C2=O)cc1. The van der Waals surface area contributed by atoms with Crippen LogP contribution in [-0.4, -0.2) is 42.4 Å². The zero-order valence-electron chi connectivity index (χ0n) is 21.5. The zero-order chi connectivity index (χ0) is 27.5. The van der Waals surface area contributed by atoms with Crippen molar-refractivity contribution in [3.8, 4) is 0 Å². The molecular formula is C30H27N3O6. The van der Waals surface area contributed by atoms with Gasteiger partial charge in [-0.3, -0.25) is 19.7 Å². The maximum Gasteiger partial charge on any atom is 0.338 e. The monoisotopic (exact) mass is 525 g/mol. The molecule has 9 nitrogen and oxygen atoms in total. The third-order valence-corrected chi connectivity index (χ3v) is 6.92. The van der Waals surface area contributed by atoms with Crippen LogP contribution in [0.1, 0.15) is 58.0 Å². The smallest absolute Gasteiger partial charge is 0.338 e. The number of anilines is 2. The van der Waals surface area contributed by atoms with E-state index in [0.717, 1.165) is 37.3 Å². The summed E-state index contributed by atoms with van der Waals surface area (Å²) in [5.74, 6) is -1.56. The molecule has 0 N–H and O–H groups in total. The van der Waals surface area contributed by atoms with Crippen molar-refractivity contribution in [2.75, 3.05) is 29.5 Å². The first-order valence-electron chi connectivity index (χ1n) is 12.9. The fraction of sp³-hybridized carbons (Fsp3) is 0.233. The second kappa shape index (κ2) is 10.9. The molecular weight excluding hydrogens is 498 g/mol. The van der Waals surface area contributed by atoms with E-state index >= 15 is 0 Å². The van der Waals surface area contributed by atoms with E-state index in [-0.39, 0.29) is 17.9 Å². The van der Waals surface area contributed by atoms with Crippen LogP contribution in [0.4, 0.5) is 17.1 Å². The molecule has 2 aliphatic heterocycles. The molecule has 0 aromatic heterocycles. The number of ether oxygens (including phenoxy) is 1. The van der Waals surface area contributed by atoms with E-state index in [1.54, 1.807) is 49.4 Å². The lowest BCUT2D eigenvalue weighted by molar-refractivity contribution is -0.384. The van der Waals surface area contributed by atoms with Crippen molar-refractivity contribution < 1.29 is 24.0 Å². The van der Waals surface area contributed by atoms with E-state index in [4.69, 9.17) is 4.74 Å². The second-order valence-electron chi connectivity index (χ2n) is 9.37. The summed E-state index contributed by atoms with van der Waals surface area (Å²) >= 11 is 0. The number of hydrogen-bond acceptors (Lipinski definition) is 7. The van der Waals surface area contributed by atoms with Crippen LogP contribution in [0.25, 0.3) is 11.6 Å². The van der Waals surface area contributed by atoms with Crippen molar-refractivity contribution in [3.63, 3.8) is 0 Å². The summed E-state index contributed by atoms with van der Waals surface area (Å²) < 4.78 is 5.01. The van der Waals surface area contributed by atoms with Crippen molar-refractivity contribution in [2.45, 2.75) is 26.2 Å². The quantitative estimate of drug-likeness (QED) is 0.138. The Morgan fingerprint density at radius 1 is 0.949 bits per heavy atom. The molecule has 0 bridgehead atoms. The summed E-state index contributed by atoms with van der Waals surface area (Å²) in [4.78, 5) is 53.9. The van der Waals surface area contributed by atoms with Crippen LogP contribution < -0.4 is 9.80 Å². The molecule has 1 saturated heterocycles. The predicted molar refractivity (Wildman–Crippen MR) is 148 cm³/mol. The van der Waals surface area contributed by atoms with Gasteiger partial charge in [0, 0.05) is 30.3 Å². The summed E-state index contributed by atoms with van der Waals surface area (Å²) in [5.41, 5.74) is 2.64. The number of fused-ring (bicyclic) bond motifs is 1. The van der Waals surface area contributed by atoms with Gasteiger partial charge in [-0.1, -0.05) is 24.3 Å². The molecule has 39 heavy (non-hydrogen) atoms. The average Bonchev–Trinajstić information content (AvgIpc) is 2.96. The third-order valence-electron chi connectivity index (χ3n) is 6.92. The Labute approximate surface area is 225 Å². The van der Waals surface area contributed by atoms with Gasteiger partial charge in [0.05, 0.1) is 22.8 Å². The Morgan fingerprint density at radius 3 is 2.31 bits per heavy atom. The van der Waals surface area contributed by atoms with Crippen molar-refractivity contribution in [1.29, 1.82) is 0 Å². The highest BCUT2D eigenvalue weighted by Crippen LogP contribution is 2.36. The molecule has 0 unspecified atom stereocenters. The highest BCUT2D eigenvalue weighted by atomic mass is 16.6. The number of piperidine rings is 1. The fourth-order valence-electron chi connectivity index (χ4n) is 5.03. The summed E-state index contributed by atoms with van der Waals surface area (Å²) in [6, 6.07) is 17.8. The van der Waals surface area contributed by atoms with Gasteiger partial charge in [-0.15, -0.1) is 0 Å². The van der Waals surface area contributed by atoms with Gasteiger partial charge in [0.2, 0.25) is 0 Å². The minimum atomic E-state index is -0.564. The van der Waals surface area contributed by atoms with E-state index in [1.807, 2.05) is 4.90 Å². The first kappa shape index (κ1) is 25.8. The Balaban J connectivity index is 1.55. The van der Waals surface area contributed by atoms with Crippen LogP contribution in [0, 0.1) is 10.1 Å². The molecule has 3 aromatic rings. The maximum atomic E-state index is 13.8. The van der Waals surface area contributed by atoms with Crippen molar-refractivity contribution in [1.82, 2.24) is 0 Å². The minimum Gasteiger partial charge on any atom is -0.462 e. The van der Waals surface area contributed by atoms with E-state index < -0.39 is 22.7 Å². The molecule has 5 rings (SSSR count). The zero-order valence-corrected chi connectivity index (χ0v) is 21.5. The van der Waals surface area contributed by atoms with Gasteiger partial charge in [-0.05, 0) is 79.8 Å². The second-order valence-corrected chi connectivity index (χ2v) is 9.37. The van der Waals surface area contributed by atoms with Gasteiger partial charge >= 0.3 is 5.97 Å². The van der Waals surface area contributed by atoms with Crippen LogP contribution >= 0.6 is 0 Å². The lowest BCUT2D eigenvalue weighted by Crippen LogP contribution is -2.41. The average molecular weight is 526 g/mol. The molecule has 0 saturated carbocycles. The number of imide groups is 1. The summed E-state index contributed by atoms with van der Waals surface area (Å²) in [6.07, 6.45) is 4.66. The fourth-order valence-corrected chi connectivity index (χ4v) is 5.03. The first-order chi connectivity index (χ1) is 18.9. The normalized spacial score (nSPS) is 16.3. The molecule has 0 aliphatic carbocycles. The molecule has 1 fully saturated rings. The van der Waals surface area contributed by atoms with Crippen LogP contribution in [0.15, 0.2) is 66.7 Å². The summed E-state index contributed by atoms with van der Waals surface area (Å²) in [6.45, 7) is 3.46. The lowest BCUT2D eigenvalue weighted by Gasteiger charge is -2.29. The molecule has 0 radical (unpaired) electrons. The van der Waals surface area contributed by atoms with Crippen LogP contribution in [0.3, 0.4) is 0 Å². The molecule has 2 aliphatic rings. The van der Waals surface area contributed by atoms with Crippen LogP contribution in [0.5, 0.6) is 0 Å². The van der Waals surface area contributed by atoms with E-state index in [0.29, 0.717) is 33.6 Å². The number of nitrogens with zero attached hydrogens (tertiary/aromatic N) is 3. The molecule has 0 atom stereocenters. The standard InChI is InChI=1S/C30H27N3O6/c1-2-39-30(36)21-11-13-22(14-12-21)32-28(34)24-9-5-4-8-23(24)25(29(32)35)18-20-10-15-26(27(19-20)33(37)38)31-16-6-3-7-17-31/h4-5,8-15,18-19H,2-3,6-7,16-17H2,1H3/b25-18-. The highest BCUT2D eigenvalue weighted by Gasteiger charge is 2.36. The van der Waals surface area contributed by atoms with Crippen molar-refractivity contribution in [3.05, 3.63) is 99.1 Å². The summed E-state index contributed by atoms with van der Waals surface area (Å²) in [5, 5.41) is 12.0. The number of nitro groups is 1. The Kier molecular flexibility index (Phi) is 7.23. The van der Waals surface area contributed by atoms with Crippen LogP contribution in [0.2, 0.25) is 0 Å². The topological polar surface area (TPSA) is 110 Å². The molecule has 9 heteroatoms. The molecule has 2 heterocycles. The summed E-state index contributed by atoms with van der Waals surface area (Å²) in [7, 11) is 0. The lowest BCUT2D eigenvalue weighted by atomic mass is 9.91. The Bertz CT molecular complexity index is 1490. The number of amides is 2. The number of rotatable bonds is 6. The van der Waals surface area contributed by atoms with E-state index in [2.05, 4.69) is 0 Å². The van der Waals surface area contributed by atoms with Gasteiger partial charge in [0.1, 0.15) is 5.69 Å². The number of carbonyl (C=O) groups is 3. The van der Waals surface area contributed by atoms with Crippen molar-refractivity contribution >= 4 is 46.5 Å². The number of carbonyl (C=O) groups excluding carboxylic acids is 3. The van der Waals surface area contributed by atoms with Gasteiger partial charge in [-0.2, -0.15) is 0 Å². The number of hydrogen-bond donors (Lipinski definition) is 0. The number of nitro benzene ring substituents is 1. The Hall–Kier alpha value is -4.79. The number of benzene rings is 3. The van der Waals surface area contributed by atoms with E-state index in [1.165, 1.54) is 30.3 Å². The van der Waals surface area contributed by atoms with Gasteiger partial charge < -0.3 is 9.64 Å². The molecule has 2 amide bonds. The minimum absolute atomic E-state index is 0.0229. The molecule has 0 spiro atoms. The van der Waals surface area contributed by atoms with Crippen LogP contribution in [-0.2, 0) is 9.53 Å². The maximum absolute atomic E-state index is 13.8.